The van der Waals surface area contributed by atoms with Gasteiger partial charge < -0.3 is 15.2 Å². The van der Waals surface area contributed by atoms with Crippen LogP contribution in [0.4, 0.5) is 0 Å². The SMILES string of the molecule is Cc1c([C@@H](O)CN2CCC3(CCCN3)C2)ccc2c1COC2=O.Cl. The lowest BCUT2D eigenvalue weighted by atomic mass is 9.95. The maximum atomic E-state index is 11.6. The number of aliphatic hydroxyl groups is 1. The van der Waals surface area contributed by atoms with E-state index in [0.717, 1.165) is 36.3 Å². The fraction of sp³-hybridized carbons (Fsp3) is 0.611. The lowest BCUT2D eigenvalue weighted by Crippen LogP contribution is -2.42. The second-order valence-electron chi connectivity index (χ2n) is 7.19. The predicted molar refractivity (Wildman–Crippen MR) is 93.5 cm³/mol. The highest BCUT2D eigenvalue weighted by molar-refractivity contribution is 5.93. The molecule has 0 aromatic heterocycles. The van der Waals surface area contributed by atoms with Gasteiger partial charge in [-0.2, -0.15) is 0 Å². The van der Waals surface area contributed by atoms with Gasteiger partial charge in [-0.1, -0.05) is 6.07 Å². The Balaban J connectivity index is 0.00000169. The number of hydrogen-bond acceptors (Lipinski definition) is 5. The zero-order chi connectivity index (χ0) is 16.0. The van der Waals surface area contributed by atoms with Crippen molar-refractivity contribution in [1.82, 2.24) is 10.2 Å². The van der Waals surface area contributed by atoms with Crippen LogP contribution in [0.15, 0.2) is 12.1 Å². The average Bonchev–Trinajstić information content (AvgIpc) is 3.23. The number of likely N-dealkylation sites (tertiary alicyclic amines) is 1. The molecule has 2 N–H and O–H groups in total. The number of esters is 1. The molecule has 1 aromatic carbocycles. The van der Waals surface area contributed by atoms with Crippen molar-refractivity contribution in [2.45, 2.75) is 44.4 Å². The molecule has 1 aromatic rings. The van der Waals surface area contributed by atoms with Crippen LogP contribution in [0.1, 0.15) is 52.4 Å². The first-order chi connectivity index (χ1) is 11.1. The third-order valence-corrected chi connectivity index (χ3v) is 5.76. The molecule has 2 fully saturated rings. The van der Waals surface area contributed by atoms with Gasteiger partial charge in [0, 0.05) is 30.7 Å². The topological polar surface area (TPSA) is 61.8 Å². The van der Waals surface area contributed by atoms with Crippen molar-refractivity contribution in [3.05, 3.63) is 34.4 Å². The van der Waals surface area contributed by atoms with Crippen LogP contribution in [0.3, 0.4) is 0 Å². The molecule has 3 heterocycles. The summed E-state index contributed by atoms with van der Waals surface area (Å²) in [6, 6.07) is 3.67. The highest BCUT2D eigenvalue weighted by Crippen LogP contribution is 2.33. The van der Waals surface area contributed by atoms with Gasteiger partial charge in [-0.25, -0.2) is 4.79 Å². The fourth-order valence-corrected chi connectivity index (χ4v) is 4.40. The first-order valence-corrected chi connectivity index (χ1v) is 8.53. The third-order valence-electron chi connectivity index (χ3n) is 5.76. The van der Waals surface area contributed by atoms with E-state index in [2.05, 4.69) is 10.2 Å². The number of β-amino-alcohol motifs (C(OH)–C–C–N with tert-alkyl or cyclic N) is 1. The Morgan fingerprint density at radius 3 is 3.00 bits per heavy atom. The number of halogens is 1. The molecule has 0 saturated carbocycles. The largest absolute Gasteiger partial charge is 0.457 e. The number of aliphatic hydroxyl groups excluding tert-OH is 1. The van der Waals surface area contributed by atoms with Crippen LogP contribution in [0.2, 0.25) is 0 Å². The maximum absolute atomic E-state index is 11.6. The molecule has 0 bridgehead atoms. The number of hydrogen-bond donors (Lipinski definition) is 2. The van der Waals surface area contributed by atoms with Crippen molar-refractivity contribution in [3.8, 4) is 0 Å². The van der Waals surface area contributed by atoms with Crippen LogP contribution >= 0.6 is 12.4 Å². The molecule has 1 unspecified atom stereocenters. The minimum atomic E-state index is -0.521. The second kappa shape index (κ2) is 6.64. The first-order valence-electron chi connectivity index (χ1n) is 8.53. The summed E-state index contributed by atoms with van der Waals surface area (Å²) >= 11 is 0. The molecule has 0 radical (unpaired) electrons. The molecule has 24 heavy (non-hydrogen) atoms. The highest BCUT2D eigenvalue weighted by atomic mass is 35.5. The van der Waals surface area contributed by atoms with E-state index in [1.165, 1.54) is 19.3 Å². The van der Waals surface area contributed by atoms with Gasteiger partial charge in [0.25, 0.3) is 0 Å². The van der Waals surface area contributed by atoms with Gasteiger partial charge in [0.15, 0.2) is 0 Å². The number of fused-ring (bicyclic) bond motifs is 1. The van der Waals surface area contributed by atoms with Gasteiger partial charge in [0.05, 0.1) is 11.7 Å². The normalized spacial score (nSPS) is 27.2. The average molecular weight is 353 g/mol. The quantitative estimate of drug-likeness (QED) is 0.814. The lowest BCUT2D eigenvalue weighted by molar-refractivity contribution is 0.0535. The summed E-state index contributed by atoms with van der Waals surface area (Å²) in [5.74, 6) is -0.252. The van der Waals surface area contributed by atoms with E-state index < -0.39 is 6.10 Å². The molecule has 0 amide bonds. The standard InChI is InChI=1S/C18H24N2O3.ClH/c1-12-13(3-4-14-15(12)10-23-17(14)22)16(21)9-20-8-6-18(11-20)5-2-7-19-18;/h3-4,16,19,21H,2,5-11H2,1H3;1H/t16-,18?;/m0./s1. The van der Waals surface area contributed by atoms with Crippen LogP contribution in [-0.4, -0.2) is 47.7 Å². The number of nitrogens with zero attached hydrogens (tertiary/aromatic N) is 1. The summed E-state index contributed by atoms with van der Waals surface area (Å²) in [6.07, 6.45) is 3.16. The molecular formula is C18H25ClN2O3. The predicted octanol–water partition coefficient (Wildman–Crippen LogP) is 1.95. The maximum Gasteiger partial charge on any atom is 0.338 e. The van der Waals surface area contributed by atoms with E-state index in [0.29, 0.717) is 18.7 Å². The Morgan fingerprint density at radius 2 is 2.25 bits per heavy atom. The number of carbonyl (C=O) groups is 1. The van der Waals surface area contributed by atoms with Crippen molar-refractivity contribution >= 4 is 18.4 Å². The van der Waals surface area contributed by atoms with Crippen molar-refractivity contribution < 1.29 is 14.6 Å². The lowest BCUT2D eigenvalue weighted by Gasteiger charge is -2.26. The Morgan fingerprint density at radius 1 is 1.42 bits per heavy atom. The van der Waals surface area contributed by atoms with E-state index >= 15 is 0 Å². The molecule has 1 spiro atoms. The molecule has 0 aliphatic carbocycles. The Bertz CT molecular complexity index is 643. The number of ether oxygens (including phenoxy) is 1. The Kier molecular flexibility index (Phi) is 4.89. The van der Waals surface area contributed by atoms with Crippen LogP contribution in [0.5, 0.6) is 0 Å². The Labute approximate surface area is 148 Å². The van der Waals surface area contributed by atoms with E-state index in [1.54, 1.807) is 6.07 Å². The molecule has 3 aliphatic rings. The summed E-state index contributed by atoms with van der Waals surface area (Å²) in [5, 5.41) is 14.4. The fourth-order valence-electron chi connectivity index (χ4n) is 4.40. The highest BCUT2D eigenvalue weighted by Gasteiger charge is 2.40. The number of rotatable bonds is 3. The van der Waals surface area contributed by atoms with Crippen molar-refractivity contribution in [2.75, 3.05) is 26.2 Å². The van der Waals surface area contributed by atoms with Gasteiger partial charge in [-0.3, -0.25) is 4.90 Å². The van der Waals surface area contributed by atoms with Crippen molar-refractivity contribution in [1.29, 1.82) is 0 Å². The smallest absolute Gasteiger partial charge is 0.338 e. The van der Waals surface area contributed by atoms with Crippen LogP contribution in [0, 0.1) is 6.92 Å². The van der Waals surface area contributed by atoms with Gasteiger partial charge in [-0.15, -0.1) is 12.4 Å². The minimum Gasteiger partial charge on any atom is -0.457 e. The number of benzene rings is 1. The summed E-state index contributed by atoms with van der Waals surface area (Å²) in [5.41, 5.74) is 3.78. The van der Waals surface area contributed by atoms with Crippen LogP contribution in [0.25, 0.3) is 0 Å². The number of nitrogens with one attached hydrogen (secondary N) is 1. The van der Waals surface area contributed by atoms with Gasteiger partial charge in [0.1, 0.15) is 6.61 Å². The number of cyclic esters (lactones) is 1. The van der Waals surface area contributed by atoms with E-state index in [1.807, 2.05) is 13.0 Å². The van der Waals surface area contributed by atoms with E-state index in [9.17, 15) is 9.90 Å². The zero-order valence-corrected chi connectivity index (χ0v) is 14.8. The second-order valence-corrected chi connectivity index (χ2v) is 7.19. The molecule has 132 valence electrons. The molecule has 2 atom stereocenters. The molecule has 5 nitrogen and oxygen atoms in total. The van der Waals surface area contributed by atoms with Crippen molar-refractivity contribution in [3.63, 3.8) is 0 Å². The molecule has 2 saturated heterocycles. The molecule has 6 heteroatoms. The summed E-state index contributed by atoms with van der Waals surface area (Å²) < 4.78 is 5.10. The van der Waals surface area contributed by atoms with Crippen molar-refractivity contribution in [2.24, 2.45) is 0 Å². The molecular weight excluding hydrogens is 328 g/mol. The first kappa shape index (κ1) is 17.7. The van der Waals surface area contributed by atoms with Gasteiger partial charge in [0.2, 0.25) is 0 Å². The van der Waals surface area contributed by atoms with E-state index in [4.69, 9.17) is 4.74 Å². The molecule has 3 aliphatic heterocycles. The summed E-state index contributed by atoms with van der Waals surface area (Å²) in [7, 11) is 0. The van der Waals surface area contributed by atoms with Crippen LogP contribution < -0.4 is 5.32 Å². The third kappa shape index (κ3) is 2.94. The molecule has 4 rings (SSSR count). The minimum absolute atomic E-state index is 0. The number of carbonyl (C=O) groups excluding carboxylic acids is 1. The summed E-state index contributed by atoms with van der Waals surface area (Å²) in [6.45, 7) is 6.14. The zero-order valence-electron chi connectivity index (χ0n) is 14.0. The van der Waals surface area contributed by atoms with E-state index in [-0.39, 0.29) is 23.9 Å². The summed E-state index contributed by atoms with van der Waals surface area (Å²) in [4.78, 5) is 14.0. The van der Waals surface area contributed by atoms with Crippen LogP contribution in [-0.2, 0) is 11.3 Å². The monoisotopic (exact) mass is 352 g/mol. The van der Waals surface area contributed by atoms with Gasteiger partial charge >= 0.3 is 5.97 Å². The van der Waals surface area contributed by atoms with Gasteiger partial charge in [-0.05, 0) is 49.9 Å². The Hall–Kier alpha value is -1.14.